The van der Waals surface area contributed by atoms with E-state index in [0.717, 1.165) is 32.2 Å². The topological polar surface area (TPSA) is 47.2 Å². The number of hydrogen-bond donors (Lipinski definition) is 1. The molecule has 4 nitrogen and oxygen atoms in total. The minimum Gasteiger partial charge on any atom is -0.493 e. The van der Waals surface area contributed by atoms with E-state index in [1.54, 1.807) is 4.57 Å². The van der Waals surface area contributed by atoms with Crippen LogP contribution in [0.1, 0.15) is 58.1 Å². The predicted molar refractivity (Wildman–Crippen MR) is 74.1 cm³/mol. The van der Waals surface area contributed by atoms with E-state index in [1.807, 2.05) is 6.92 Å². The van der Waals surface area contributed by atoms with Crippen LogP contribution in [-0.2, 0) is 13.1 Å². The summed E-state index contributed by atoms with van der Waals surface area (Å²) in [7, 11) is 0. The van der Waals surface area contributed by atoms with Crippen molar-refractivity contribution in [1.82, 2.24) is 9.13 Å². The molecule has 1 aromatic rings. The van der Waals surface area contributed by atoms with Gasteiger partial charge in [0, 0.05) is 13.1 Å². The van der Waals surface area contributed by atoms with Gasteiger partial charge in [0.05, 0.1) is 5.69 Å². The second-order valence-electron chi connectivity index (χ2n) is 4.91. The Bertz CT molecular complexity index is 418. The third kappa shape index (κ3) is 3.40. The monoisotopic (exact) mass is 254 g/mol. The number of aromatic nitrogens is 2. The molecule has 0 aromatic carbocycles. The molecule has 1 N–H and O–H groups in total. The Morgan fingerprint density at radius 2 is 1.56 bits per heavy atom. The first-order chi connectivity index (χ1) is 8.63. The first-order valence-electron chi connectivity index (χ1n) is 7.12. The van der Waals surface area contributed by atoms with Gasteiger partial charge in [-0.05, 0) is 19.8 Å². The highest BCUT2D eigenvalue weighted by atomic mass is 16.3. The number of hydrogen-bond acceptors (Lipinski definition) is 2. The van der Waals surface area contributed by atoms with Crippen molar-refractivity contribution in [2.45, 2.75) is 72.4 Å². The molecular weight excluding hydrogens is 228 g/mol. The zero-order valence-corrected chi connectivity index (χ0v) is 11.9. The highest BCUT2D eigenvalue weighted by Gasteiger charge is 2.14. The van der Waals surface area contributed by atoms with Gasteiger partial charge in [-0.3, -0.25) is 9.13 Å². The Kier molecular flexibility index (Phi) is 6.02. The maximum atomic E-state index is 12.1. The number of unbranched alkanes of at least 4 members (excludes halogenated alkanes) is 4. The van der Waals surface area contributed by atoms with Crippen molar-refractivity contribution in [3.8, 4) is 5.88 Å². The van der Waals surface area contributed by atoms with Crippen molar-refractivity contribution >= 4 is 0 Å². The molecule has 0 saturated carbocycles. The third-order valence-corrected chi connectivity index (χ3v) is 3.42. The first kappa shape index (κ1) is 14.9. The fraction of sp³-hybridized carbons (Fsp3) is 0.786. The Balaban J connectivity index is 2.76. The molecule has 104 valence electrons. The largest absolute Gasteiger partial charge is 0.493 e. The summed E-state index contributed by atoms with van der Waals surface area (Å²) < 4.78 is 3.21. The SMILES string of the molecule is CCCCCCn1c(C)c(O)n(CCCC)c1=O. The van der Waals surface area contributed by atoms with E-state index in [-0.39, 0.29) is 11.6 Å². The van der Waals surface area contributed by atoms with Gasteiger partial charge in [-0.25, -0.2) is 4.79 Å². The van der Waals surface area contributed by atoms with Gasteiger partial charge in [-0.15, -0.1) is 0 Å². The summed E-state index contributed by atoms with van der Waals surface area (Å²) in [6, 6.07) is 0. The van der Waals surface area contributed by atoms with E-state index in [0.29, 0.717) is 12.2 Å². The molecule has 1 aromatic heterocycles. The van der Waals surface area contributed by atoms with Crippen molar-refractivity contribution in [1.29, 1.82) is 0 Å². The molecule has 0 saturated heterocycles. The third-order valence-electron chi connectivity index (χ3n) is 3.42. The van der Waals surface area contributed by atoms with Crippen molar-refractivity contribution in [3.63, 3.8) is 0 Å². The Morgan fingerprint density at radius 3 is 2.17 bits per heavy atom. The van der Waals surface area contributed by atoms with Crippen LogP contribution in [0.2, 0.25) is 0 Å². The summed E-state index contributed by atoms with van der Waals surface area (Å²) in [5, 5.41) is 9.97. The van der Waals surface area contributed by atoms with Crippen LogP contribution in [0.5, 0.6) is 5.88 Å². The van der Waals surface area contributed by atoms with E-state index in [1.165, 1.54) is 17.4 Å². The highest BCUT2D eigenvalue weighted by Crippen LogP contribution is 2.16. The van der Waals surface area contributed by atoms with Crippen LogP contribution in [0.15, 0.2) is 4.79 Å². The maximum absolute atomic E-state index is 12.1. The van der Waals surface area contributed by atoms with Gasteiger partial charge in [-0.2, -0.15) is 0 Å². The zero-order valence-electron chi connectivity index (χ0n) is 11.9. The first-order valence-corrected chi connectivity index (χ1v) is 7.12. The number of rotatable bonds is 8. The molecule has 1 heterocycles. The molecule has 0 unspecified atom stereocenters. The van der Waals surface area contributed by atoms with Crippen LogP contribution in [0.25, 0.3) is 0 Å². The van der Waals surface area contributed by atoms with Crippen LogP contribution in [-0.4, -0.2) is 14.2 Å². The van der Waals surface area contributed by atoms with Crippen molar-refractivity contribution < 1.29 is 5.11 Å². The number of imidazole rings is 1. The molecule has 0 aliphatic rings. The quantitative estimate of drug-likeness (QED) is 0.725. The Labute approximate surface area is 109 Å². The molecule has 0 spiro atoms. The summed E-state index contributed by atoms with van der Waals surface area (Å²) in [5.74, 6) is 0.143. The smallest absolute Gasteiger partial charge is 0.331 e. The molecule has 18 heavy (non-hydrogen) atoms. The molecule has 0 radical (unpaired) electrons. The van der Waals surface area contributed by atoms with Gasteiger partial charge < -0.3 is 5.11 Å². The summed E-state index contributed by atoms with van der Waals surface area (Å²) in [6.07, 6.45) is 6.49. The van der Waals surface area contributed by atoms with E-state index in [4.69, 9.17) is 0 Å². The fourth-order valence-electron chi connectivity index (χ4n) is 2.17. The van der Waals surface area contributed by atoms with E-state index >= 15 is 0 Å². The van der Waals surface area contributed by atoms with Crippen LogP contribution in [0.3, 0.4) is 0 Å². The lowest BCUT2D eigenvalue weighted by atomic mass is 10.2. The van der Waals surface area contributed by atoms with Gasteiger partial charge in [0.1, 0.15) is 0 Å². The van der Waals surface area contributed by atoms with Gasteiger partial charge in [0.2, 0.25) is 5.88 Å². The van der Waals surface area contributed by atoms with Crippen molar-refractivity contribution in [3.05, 3.63) is 16.2 Å². The van der Waals surface area contributed by atoms with E-state index in [2.05, 4.69) is 13.8 Å². The van der Waals surface area contributed by atoms with Crippen LogP contribution >= 0.6 is 0 Å². The van der Waals surface area contributed by atoms with Crippen LogP contribution < -0.4 is 5.69 Å². The molecule has 0 aliphatic carbocycles. The second kappa shape index (κ2) is 7.29. The minimum absolute atomic E-state index is 0.0602. The number of nitrogens with zero attached hydrogens (tertiary/aromatic N) is 2. The molecule has 4 heteroatoms. The zero-order chi connectivity index (χ0) is 13.5. The molecule has 1 rings (SSSR count). The summed E-state index contributed by atoms with van der Waals surface area (Å²) in [4.78, 5) is 12.1. The highest BCUT2D eigenvalue weighted by molar-refractivity contribution is 5.18. The lowest BCUT2D eigenvalue weighted by Gasteiger charge is -2.03. The van der Waals surface area contributed by atoms with Crippen LogP contribution in [0, 0.1) is 6.92 Å². The lowest BCUT2D eigenvalue weighted by Crippen LogP contribution is -2.25. The lowest BCUT2D eigenvalue weighted by molar-refractivity contribution is 0.405. The number of aromatic hydroxyl groups is 1. The van der Waals surface area contributed by atoms with Gasteiger partial charge in [-0.1, -0.05) is 39.5 Å². The normalized spacial score (nSPS) is 11.1. The average molecular weight is 254 g/mol. The standard InChI is InChI=1S/C14H26N2O2/c1-4-6-8-9-11-15-12(3)13(17)16(14(15)18)10-7-5-2/h17H,4-11H2,1-3H3. The summed E-state index contributed by atoms with van der Waals surface area (Å²) >= 11 is 0. The van der Waals surface area contributed by atoms with Crippen LogP contribution in [0.4, 0.5) is 0 Å². The Morgan fingerprint density at radius 1 is 0.944 bits per heavy atom. The maximum Gasteiger partial charge on any atom is 0.331 e. The van der Waals surface area contributed by atoms with E-state index in [9.17, 15) is 9.90 Å². The second-order valence-corrected chi connectivity index (χ2v) is 4.91. The molecule has 0 bridgehead atoms. The summed E-state index contributed by atoms with van der Waals surface area (Å²) in [6.45, 7) is 7.40. The summed E-state index contributed by atoms with van der Waals surface area (Å²) in [5.41, 5.74) is 0.641. The van der Waals surface area contributed by atoms with Gasteiger partial charge in [0.15, 0.2) is 0 Å². The van der Waals surface area contributed by atoms with Crippen molar-refractivity contribution in [2.24, 2.45) is 0 Å². The van der Waals surface area contributed by atoms with Gasteiger partial charge >= 0.3 is 5.69 Å². The van der Waals surface area contributed by atoms with Crippen molar-refractivity contribution in [2.75, 3.05) is 0 Å². The van der Waals surface area contributed by atoms with E-state index < -0.39 is 0 Å². The molecule has 0 aliphatic heterocycles. The minimum atomic E-state index is -0.0602. The Hall–Kier alpha value is -1.19. The molecular formula is C14H26N2O2. The fourth-order valence-corrected chi connectivity index (χ4v) is 2.17. The molecule has 0 fully saturated rings. The molecule has 0 amide bonds. The molecule has 0 atom stereocenters. The average Bonchev–Trinajstić information content (AvgIpc) is 2.56. The predicted octanol–water partition coefficient (Wildman–Crippen LogP) is 3.04. The van der Waals surface area contributed by atoms with Gasteiger partial charge in [0.25, 0.3) is 0 Å².